The summed E-state index contributed by atoms with van der Waals surface area (Å²) in [5.41, 5.74) is 3.75. The van der Waals surface area contributed by atoms with Gasteiger partial charge in [-0.15, -0.1) is 0 Å². The van der Waals surface area contributed by atoms with Crippen LogP contribution < -0.4 is 10.9 Å². The van der Waals surface area contributed by atoms with Crippen LogP contribution in [0.1, 0.15) is 41.1 Å². The number of nitrogens with one attached hydrogen (secondary N) is 1. The Morgan fingerprint density at radius 3 is 2.60 bits per heavy atom. The van der Waals surface area contributed by atoms with Crippen molar-refractivity contribution in [3.05, 3.63) is 74.7 Å². The van der Waals surface area contributed by atoms with Crippen molar-refractivity contribution in [2.45, 2.75) is 52.6 Å². The molecule has 2 aromatic heterocycles. The van der Waals surface area contributed by atoms with Gasteiger partial charge in [0.2, 0.25) is 11.9 Å². The van der Waals surface area contributed by atoms with Crippen LogP contribution in [0.3, 0.4) is 0 Å². The number of aryl methyl sites for hydroxylation is 3. The van der Waals surface area contributed by atoms with Crippen LogP contribution in [0.15, 0.2) is 35.1 Å². The lowest BCUT2D eigenvalue weighted by Crippen LogP contribution is -2.37. The number of rotatable bonds is 5. The van der Waals surface area contributed by atoms with Crippen molar-refractivity contribution >= 4 is 5.91 Å². The highest BCUT2D eigenvalue weighted by Crippen LogP contribution is 2.19. The molecule has 0 aliphatic heterocycles. The van der Waals surface area contributed by atoms with Gasteiger partial charge in [-0.2, -0.15) is 5.10 Å². The summed E-state index contributed by atoms with van der Waals surface area (Å²) >= 11 is 0. The zero-order chi connectivity index (χ0) is 21.3. The molecule has 0 bridgehead atoms. The van der Waals surface area contributed by atoms with Gasteiger partial charge in [0.05, 0.1) is 11.4 Å². The Bertz CT molecular complexity index is 1150. The van der Waals surface area contributed by atoms with Crippen molar-refractivity contribution < 1.29 is 9.18 Å². The van der Waals surface area contributed by atoms with Gasteiger partial charge in [-0.3, -0.25) is 14.2 Å². The van der Waals surface area contributed by atoms with Crippen LogP contribution in [-0.4, -0.2) is 25.2 Å². The zero-order valence-corrected chi connectivity index (χ0v) is 17.1. The number of carbonyl (C=O) groups is 1. The first kappa shape index (κ1) is 20.0. The van der Waals surface area contributed by atoms with Gasteiger partial charge < -0.3 is 5.32 Å². The molecule has 7 nitrogen and oxygen atoms in total. The van der Waals surface area contributed by atoms with Crippen LogP contribution in [0, 0.1) is 19.7 Å². The van der Waals surface area contributed by atoms with E-state index in [1.165, 1.54) is 16.7 Å². The molecule has 0 saturated heterocycles. The number of halogens is 1. The fraction of sp³-hybridized carbons (Fsp3) is 0.364. The number of amides is 1. The van der Waals surface area contributed by atoms with Crippen LogP contribution in [0.4, 0.5) is 4.39 Å². The Labute approximate surface area is 173 Å². The molecule has 0 saturated carbocycles. The van der Waals surface area contributed by atoms with Crippen LogP contribution >= 0.6 is 0 Å². The Balaban J connectivity index is 1.65. The van der Waals surface area contributed by atoms with Crippen LogP contribution in [0.5, 0.6) is 0 Å². The standard InChI is InChI=1S/C22H24FN5O2/c1-14-11-15(2)28(26-14)22-25-19-6-4-3-5-18(19)21(30)27(22)13-20(29)24-12-16-7-9-17(23)10-8-16/h7-11H,3-6,12-13H2,1-2H3,(H,24,29). The highest BCUT2D eigenvalue weighted by atomic mass is 19.1. The third-order valence-electron chi connectivity index (χ3n) is 5.32. The molecular formula is C22H24FN5O2. The van der Waals surface area contributed by atoms with Gasteiger partial charge in [0.25, 0.3) is 5.56 Å². The van der Waals surface area contributed by atoms with Crippen molar-refractivity contribution in [2.24, 2.45) is 0 Å². The predicted molar refractivity (Wildman–Crippen MR) is 110 cm³/mol. The number of hydrogen-bond donors (Lipinski definition) is 1. The molecule has 156 valence electrons. The summed E-state index contributed by atoms with van der Waals surface area (Å²) in [5, 5.41) is 7.26. The number of aromatic nitrogens is 4. The minimum Gasteiger partial charge on any atom is -0.350 e. The molecule has 1 aromatic carbocycles. The molecule has 0 atom stereocenters. The summed E-state index contributed by atoms with van der Waals surface area (Å²) in [6.07, 6.45) is 3.38. The van der Waals surface area contributed by atoms with Crippen LogP contribution in [-0.2, 0) is 30.7 Å². The van der Waals surface area contributed by atoms with Gasteiger partial charge in [0, 0.05) is 17.8 Å². The molecule has 4 rings (SSSR count). The lowest BCUT2D eigenvalue weighted by atomic mass is 9.97. The second-order valence-electron chi connectivity index (χ2n) is 7.68. The van der Waals surface area contributed by atoms with Gasteiger partial charge in [-0.05, 0) is 63.3 Å². The molecule has 0 fully saturated rings. The molecule has 1 amide bonds. The monoisotopic (exact) mass is 409 g/mol. The van der Waals surface area contributed by atoms with Crippen LogP contribution in [0.25, 0.3) is 5.95 Å². The van der Waals surface area contributed by atoms with E-state index in [9.17, 15) is 14.0 Å². The number of fused-ring (bicyclic) bond motifs is 1. The maximum Gasteiger partial charge on any atom is 0.258 e. The summed E-state index contributed by atoms with van der Waals surface area (Å²) in [6, 6.07) is 7.83. The van der Waals surface area contributed by atoms with E-state index < -0.39 is 0 Å². The van der Waals surface area contributed by atoms with Gasteiger partial charge in [-0.25, -0.2) is 14.1 Å². The first-order valence-corrected chi connectivity index (χ1v) is 10.1. The average molecular weight is 409 g/mol. The SMILES string of the molecule is Cc1cc(C)n(-c2nc3c(c(=O)n2CC(=O)NCc2ccc(F)cc2)CCCC3)n1. The van der Waals surface area contributed by atoms with E-state index in [4.69, 9.17) is 4.98 Å². The molecule has 0 unspecified atom stereocenters. The van der Waals surface area contributed by atoms with E-state index >= 15 is 0 Å². The highest BCUT2D eigenvalue weighted by molar-refractivity contribution is 5.76. The fourth-order valence-electron chi connectivity index (χ4n) is 3.82. The highest BCUT2D eigenvalue weighted by Gasteiger charge is 2.22. The first-order valence-electron chi connectivity index (χ1n) is 10.1. The summed E-state index contributed by atoms with van der Waals surface area (Å²) in [4.78, 5) is 30.6. The van der Waals surface area contributed by atoms with Gasteiger partial charge in [-0.1, -0.05) is 12.1 Å². The maximum absolute atomic E-state index is 13.2. The smallest absolute Gasteiger partial charge is 0.258 e. The number of benzene rings is 1. The summed E-state index contributed by atoms with van der Waals surface area (Å²) in [6.45, 7) is 3.86. The van der Waals surface area contributed by atoms with Crippen molar-refractivity contribution in [2.75, 3.05) is 0 Å². The molecule has 0 spiro atoms. The maximum atomic E-state index is 13.2. The van der Waals surface area contributed by atoms with E-state index in [0.717, 1.165) is 41.9 Å². The molecule has 30 heavy (non-hydrogen) atoms. The van der Waals surface area contributed by atoms with E-state index in [0.29, 0.717) is 17.9 Å². The van der Waals surface area contributed by atoms with Crippen molar-refractivity contribution in [3.8, 4) is 5.95 Å². The lowest BCUT2D eigenvalue weighted by Gasteiger charge is -2.20. The molecule has 1 N–H and O–H groups in total. The number of carbonyl (C=O) groups excluding carboxylic acids is 1. The van der Waals surface area contributed by atoms with E-state index in [-0.39, 0.29) is 30.4 Å². The quantitative estimate of drug-likeness (QED) is 0.702. The largest absolute Gasteiger partial charge is 0.350 e. The Kier molecular flexibility index (Phi) is 5.48. The van der Waals surface area contributed by atoms with Crippen LogP contribution in [0.2, 0.25) is 0 Å². The minimum atomic E-state index is -0.328. The fourth-order valence-corrected chi connectivity index (χ4v) is 3.82. The van der Waals surface area contributed by atoms with Crippen molar-refractivity contribution in [1.82, 2.24) is 24.6 Å². The Morgan fingerprint density at radius 2 is 1.90 bits per heavy atom. The predicted octanol–water partition coefficient (Wildman–Crippen LogP) is 2.38. The molecule has 2 heterocycles. The molecule has 8 heteroatoms. The van der Waals surface area contributed by atoms with E-state index in [2.05, 4.69) is 10.4 Å². The Morgan fingerprint density at radius 1 is 1.17 bits per heavy atom. The minimum absolute atomic E-state index is 0.159. The molecular weight excluding hydrogens is 385 g/mol. The van der Waals surface area contributed by atoms with Crippen molar-refractivity contribution in [3.63, 3.8) is 0 Å². The second kappa shape index (κ2) is 8.22. The third kappa shape index (κ3) is 4.03. The normalized spacial score (nSPS) is 13.2. The van der Waals surface area contributed by atoms with Gasteiger partial charge in [0.1, 0.15) is 12.4 Å². The lowest BCUT2D eigenvalue weighted by molar-refractivity contribution is -0.121. The van der Waals surface area contributed by atoms with Gasteiger partial charge in [0.15, 0.2) is 0 Å². The van der Waals surface area contributed by atoms with Gasteiger partial charge >= 0.3 is 0 Å². The topological polar surface area (TPSA) is 81.8 Å². The molecule has 1 aliphatic carbocycles. The molecule has 1 aliphatic rings. The zero-order valence-electron chi connectivity index (χ0n) is 17.1. The third-order valence-corrected chi connectivity index (χ3v) is 5.32. The molecule has 3 aromatic rings. The van der Waals surface area contributed by atoms with Crippen molar-refractivity contribution in [1.29, 1.82) is 0 Å². The first-order chi connectivity index (χ1) is 14.4. The number of hydrogen-bond acceptors (Lipinski definition) is 4. The summed E-state index contributed by atoms with van der Waals surface area (Å²) in [5.74, 6) is -0.281. The Hall–Kier alpha value is -3.29. The summed E-state index contributed by atoms with van der Waals surface area (Å²) in [7, 11) is 0. The summed E-state index contributed by atoms with van der Waals surface area (Å²) < 4.78 is 16.1. The molecule has 0 radical (unpaired) electrons. The van der Waals surface area contributed by atoms with E-state index in [1.54, 1.807) is 16.8 Å². The number of nitrogens with zero attached hydrogens (tertiary/aromatic N) is 4. The van der Waals surface area contributed by atoms with E-state index in [1.807, 2.05) is 19.9 Å². The second-order valence-corrected chi connectivity index (χ2v) is 7.68. The average Bonchev–Trinajstić information content (AvgIpc) is 3.07.